The number of aliphatic hydroxyl groups is 1. The van der Waals surface area contributed by atoms with Crippen LogP contribution in [-0.2, 0) is 4.79 Å². The number of carbonyl (C=O) groups excluding carboxylic acids is 1. The zero-order chi connectivity index (χ0) is 11.4. The molecular weight excluding hydrogens is 178 g/mol. The van der Waals surface area contributed by atoms with Crippen molar-refractivity contribution in [2.45, 2.75) is 52.6 Å². The van der Waals surface area contributed by atoms with E-state index in [4.69, 9.17) is 5.73 Å². The van der Waals surface area contributed by atoms with Crippen LogP contribution in [-0.4, -0.2) is 16.6 Å². The largest absolute Gasteiger partial charge is 0.389 e. The highest BCUT2D eigenvalue weighted by molar-refractivity contribution is 5.74. The van der Waals surface area contributed by atoms with Crippen molar-refractivity contribution >= 4 is 5.91 Å². The van der Waals surface area contributed by atoms with Gasteiger partial charge in [-0.3, -0.25) is 4.79 Å². The first-order valence-corrected chi connectivity index (χ1v) is 5.26. The summed E-state index contributed by atoms with van der Waals surface area (Å²) in [6.07, 6.45) is 1.34. The average Bonchev–Trinajstić information content (AvgIpc) is 1.76. The maximum absolute atomic E-state index is 10.8. The van der Waals surface area contributed by atoms with E-state index < -0.39 is 11.5 Å². The fourth-order valence-electron chi connectivity index (χ4n) is 2.07. The minimum atomic E-state index is -0.909. The second kappa shape index (κ2) is 5.35. The molecule has 3 nitrogen and oxygen atoms in total. The van der Waals surface area contributed by atoms with Crippen molar-refractivity contribution in [1.29, 1.82) is 0 Å². The van der Waals surface area contributed by atoms with Gasteiger partial charge < -0.3 is 10.8 Å². The van der Waals surface area contributed by atoms with Crippen LogP contribution < -0.4 is 5.73 Å². The quantitative estimate of drug-likeness (QED) is 0.687. The molecule has 3 heteroatoms. The van der Waals surface area contributed by atoms with Crippen LogP contribution in [0.2, 0.25) is 0 Å². The van der Waals surface area contributed by atoms with Gasteiger partial charge in [-0.15, -0.1) is 0 Å². The normalized spacial score (nSPS) is 12.5. The van der Waals surface area contributed by atoms with E-state index in [0.717, 1.165) is 0 Å². The monoisotopic (exact) mass is 201 g/mol. The van der Waals surface area contributed by atoms with E-state index in [1.54, 1.807) is 0 Å². The predicted octanol–water partition coefficient (Wildman–Crippen LogP) is 1.69. The fourth-order valence-corrected chi connectivity index (χ4v) is 2.07. The first-order chi connectivity index (χ1) is 6.25. The Bertz CT molecular complexity index is 178. The molecule has 0 saturated heterocycles. The van der Waals surface area contributed by atoms with Gasteiger partial charge >= 0.3 is 0 Å². The average molecular weight is 201 g/mol. The molecule has 0 aliphatic carbocycles. The lowest BCUT2D eigenvalue weighted by atomic mass is 9.82. The zero-order valence-electron chi connectivity index (χ0n) is 9.71. The van der Waals surface area contributed by atoms with Crippen molar-refractivity contribution in [2.24, 2.45) is 17.6 Å². The predicted molar refractivity (Wildman–Crippen MR) is 57.7 cm³/mol. The third-order valence-electron chi connectivity index (χ3n) is 2.08. The van der Waals surface area contributed by atoms with Crippen LogP contribution in [0.15, 0.2) is 0 Å². The van der Waals surface area contributed by atoms with Gasteiger partial charge in [-0.1, -0.05) is 27.7 Å². The van der Waals surface area contributed by atoms with Gasteiger partial charge in [0.25, 0.3) is 0 Å². The Morgan fingerprint density at radius 1 is 1.21 bits per heavy atom. The molecule has 0 aromatic carbocycles. The summed E-state index contributed by atoms with van der Waals surface area (Å²) in [6, 6.07) is 0. The first-order valence-electron chi connectivity index (χ1n) is 5.26. The van der Waals surface area contributed by atoms with Crippen LogP contribution in [0.3, 0.4) is 0 Å². The molecule has 3 N–H and O–H groups in total. The Labute approximate surface area is 86.7 Å². The van der Waals surface area contributed by atoms with Crippen LogP contribution in [0.5, 0.6) is 0 Å². The van der Waals surface area contributed by atoms with E-state index in [9.17, 15) is 9.90 Å². The van der Waals surface area contributed by atoms with Crippen LogP contribution in [0.4, 0.5) is 0 Å². The van der Waals surface area contributed by atoms with Gasteiger partial charge in [0, 0.05) is 0 Å². The molecule has 0 radical (unpaired) electrons. The molecule has 0 unspecified atom stereocenters. The summed E-state index contributed by atoms with van der Waals surface area (Å²) in [5.74, 6) is 0.324. The third kappa shape index (κ3) is 5.97. The number of carbonyl (C=O) groups is 1. The van der Waals surface area contributed by atoms with Gasteiger partial charge in [0.2, 0.25) is 5.91 Å². The van der Waals surface area contributed by atoms with Crippen LogP contribution in [0.25, 0.3) is 0 Å². The molecule has 0 heterocycles. The van der Waals surface area contributed by atoms with Crippen molar-refractivity contribution in [1.82, 2.24) is 0 Å². The minimum absolute atomic E-state index is 0.0728. The van der Waals surface area contributed by atoms with Crippen molar-refractivity contribution in [3.8, 4) is 0 Å². The van der Waals surface area contributed by atoms with Gasteiger partial charge in [0.1, 0.15) is 0 Å². The summed E-state index contributed by atoms with van der Waals surface area (Å²) in [7, 11) is 0. The lowest BCUT2D eigenvalue weighted by Gasteiger charge is -2.30. The first kappa shape index (κ1) is 13.4. The van der Waals surface area contributed by atoms with E-state index in [-0.39, 0.29) is 6.42 Å². The van der Waals surface area contributed by atoms with Crippen LogP contribution in [0, 0.1) is 11.8 Å². The summed E-state index contributed by atoms with van der Waals surface area (Å²) in [5, 5.41) is 10.2. The van der Waals surface area contributed by atoms with E-state index in [1.165, 1.54) is 0 Å². The van der Waals surface area contributed by atoms with Crippen molar-refractivity contribution < 1.29 is 9.90 Å². The Hall–Kier alpha value is -0.570. The minimum Gasteiger partial charge on any atom is -0.389 e. The zero-order valence-corrected chi connectivity index (χ0v) is 9.71. The highest BCUT2D eigenvalue weighted by atomic mass is 16.3. The molecule has 0 atom stereocenters. The highest BCUT2D eigenvalue weighted by Crippen LogP contribution is 2.27. The smallest absolute Gasteiger partial charge is 0.220 e. The Kier molecular flexibility index (Phi) is 5.13. The number of amides is 1. The van der Waals surface area contributed by atoms with E-state index in [1.807, 2.05) is 27.7 Å². The molecule has 0 bridgehead atoms. The maximum atomic E-state index is 10.8. The summed E-state index contributed by atoms with van der Waals surface area (Å²) >= 11 is 0. The van der Waals surface area contributed by atoms with E-state index in [2.05, 4.69) is 0 Å². The molecule has 0 fully saturated rings. The molecule has 0 aliphatic rings. The molecule has 84 valence electrons. The van der Waals surface area contributed by atoms with Gasteiger partial charge in [-0.2, -0.15) is 0 Å². The lowest BCUT2D eigenvalue weighted by Crippen LogP contribution is -2.37. The molecule has 0 aliphatic heterocycles. The number of hydrogen-bond acceptors (Lipinski definition) is 2. The van der Waals surface area contributed by atoms with Crippen molar-refractivity contribution in [3.05, 3.63) is 0 Å². The number of rotatable bonds is 6. The molecule has 0 aromatic rings. The number of nitrogens with two attached hydrogens (primary N) is 1. The summed E-state index contributed by atoms with van der Waals surface area (Å²) in [4.78, 5) is 10.8. The Balaban J connectivity index is 4.40. The van der Waals surface area contributed by atoms with Gasteiger partial charge in [-0.25, -0.2) is 0 Å². The van der Waals surface area contributed by atoms with Gasteiger partial charge in [0.15, 0.2) is 0 Å². The SMILES string of the molecule is CC(C)CC(O)(CC(N)=O)CC(C)C. The Morgan fingerprint density at radius 2 is 1.57 bits per heavy atom. The molecule has 0 spiro atoms. The van der Waals surface area contributed by atoms with Gasteiger partial charge in [0.05, 0.1) is 12.0 Å². The summed E-state index contributed by atoms with van der Waals surface area (Å²) in [5.41, 5.74) is 4.22. The summed E-state index contributed by atoms with van der Waals surface area (Å²) < 4.78 is 0. The van der Waals surface area contributed by atoms with E-state index >= 15 is 0 Å². The summed E-state index contributed by atoms with van der Waals surface area (Å²) in [6.45, 7) is 8.14. The molecular formula is C11H23NO2. The van der Waals surface area contributed by atoms with Crippen molar-refractivity contribution in [3.63, 3.8) is 0 Å². The van der Waals surface area contributed by atoms with Crippen LogP contribution in [0.1, 0.15) is 47.0 Å². The third-order valence-corrected chi connectivity index (χ3v) is 2.08. The molecule has 14 heavy (non-hydrogen) atoms. The van der Waals surface area contributed by atoms with Gasteiger partial charge in [-0.05, 0) is 24.7 Å². The lowest BCUT2D eigenvalue weighted by molar-refractivity contribution is -0.124. The molecule has 0 rings (SSSR count). The van der Waals surface area contributed by atoms with Crippen LogP contribution >= 0.6 is 0 Å². The van der Waals surface area contributed by atoms with Crippen molar-refractivity contribution in [2.75, 3.05) is 0 Å². The standard InChI is InChI=1S/C11H23NO2/c1-8(2)5-11(14,6-9(3)4)7-10(12)13/h8-9,14H,5-7H2,1-4H3,(H2,12,13). The second-order valence-electron chi connectivity index (χ2n) is 5.06. The Morgan fingerprint density at radius 3 is 1.79 bits per heavy atom. The molecule has 0 aromatic heterocycles. The highest BCUT2D eigenvalue weighted by Gasteiger charge is 2.30. The molecule has 0 saturated carbocycles. The number of hydrogen-bond donors (Lipinski definition) is 2. The second-order valence-corrected chi connectivity index (χ2v) is 5.06. The number of primary amides is 1. The molecule has 1 amide bonds. The fraction of sp³-hybridized carbons (Fsp3) is 0.909. The maximum Gasteiger partial charge on any atom is 0.220 e. The van der Waals surface area contributed by atoms with E-state index in [0.29, 0.717) is 24.7 Å². The topological polar surface area (TPSA) is 63.3 Å².